The molecule has 1 N–H and O–H groups in total. The van der Waals surface area contributed by atoms with Crippen molar-refractivity contribution in [3.8, 4) is 0 Å². The summed E-state index contributed by atoms with van der Waals surface area (Å²) in [6.45, 7) is -0.145. The van der Waals surface area contributed by atoms with E-state index < -0.39 is 22.7 Å². The van der Waals surface area contributed by atoms with Gasteiger partial charge in [0.1, 0.15) is 17.3 Å². The number of hydrogen-bond acceptors (Lipinski definition) is 4. The second-order valence-corrected chi connectivity index (χ2v) is 7.03. The van der Waals surface area contributed by atoms with E-state index in [4.69, 9.17) is 0 Å². The number of alkyl halides is 3. The van der Waals surface area contributed by atoms with E-state index in [-0.39, 0.29) is 23.7 Å². The van der Waals surface area contributed by atoms with Crippen LogP contribution in [0.4, 0.5) is 19.0 Å². The predicted molar refractivity (Wildman–Crippen MR) is 76.6 cm³/mol. The fraction of sp³-hybridized carbons (Fsp3) is 0.545. The van der Waals surface area contributed by atoms with Gasteiger partial charge in [0.25, 0.3) is 0 Å². The van der Waals surface area contributed by atoms with Crippen molar-refractivity contribution in [2.45, 2.75) is 24.4 Å². The smallest absolute Gasteiger partial charge is 0.372 e. The molecule has 0 saturated heterocycles. The van der Waals surface area contributed by atoms with Crippen molar-refractivity contribution in [2.24, 2.45) is 0 Å². The molecule has 120 valence electrons. The molecule has 0 aliphatic heterocycles. The van der Waals surface area contributed by atoms with E-state index >= 15 is 0 Å². The van der Waals surface area contributed by atoms with Crippen molar-refractivity contribution in [3.63, 3.8) is 0 Å². The first kappa shape index (κ1) is 18.2. The summed E-state index contributed by atoms with van der Waals surface area (Å²) in [6.07, 6.45) is -2.98. The van der Waals surface area contributed by atoms with Crippen LogP contribution in [0.3, 0.4) is 0 Å². The van der Waals surface area contributed by atoms with Crippen LogP contribution >= 0.6 is 15.9 Å². The molecule has 0 amide bonds. The van der Waals surface area contributed by atoms with Crippen LogP contribution in [-0.4, -0.2) is 44.0 Å². The Morgan fingerprint density at radius 2 is 2.05 bits per heavy atom. The average molecular weight is 390 g/mol. The number of nitrogens with one attached hydrogen (secondary N) is 1. The van der Waals surface area contributed by atoms with Gasteiger partial charge in [-0.05, 0) is 28.4 Å². The van der Waals surface area contributed by atoms with Gasteiger partial charge in [-0.25, -0.2) is 13.4 Å². The summed E-state index contributed by atoms with van der Waals surface area (Å²) in [5.74, 6) is 0.00137. The third-order valence-electron chi connectivity index (χ3n) is 2.50. The molecule has 1 heterocycles. The first-order valence-corrected chi connectivity index (χ1v) is 8.25. The molecule has 0 fully saturated rings. The van der Waals surface area contributed by atoms with Crippen LogP contribution in [0.25, 0.3) is 0 Å². The number of hydrogen-bond donors (Lipinski definition) is 1. The summed E-state index contributed by atoms with van der Waals surface area (Å²) in [4.78, 5) is 3.56. The molecule has 0 bridgehead atoms. The summed E-state index contributed by atoms with van der Waals surface area (Å²) in [6, 6.07) is 1.23. The number of nitrogens with zero attached hydrogens (tertiary/aromatic N) is 2. The van der Waals surface area contributed by atoms with Crippen LogP contribution < -0.4 is 5.32 Å². The molecule has 0 saturated carbocycles. The lowest BCUT2D eigenvalue weighted by Crippen LogP contribution is -2.39. The van der Waals surface area contributed by atoms with Crippen molar-refractivity contribution in [1.29, 1.82) is 0 Å². The number of aromatic nitrogens is 1. The molecule has 0 aliphatic carbocycles. The van der Waals surface area contributed by atoms with Gasteiger partial charge in [-0.3, -0.25) is 0 Å². The molecular weight excluding hydrogens is 375 g/mol. The molecule has 0 radical (unpaired) electrons. The molecule has 0 spiro atoms. The van der Waals surface area contributed by atoms with Crippen molar-refractivity contribution in [1.82, 2.24) is 9.29 Å². The topological polar surface area (TPSA) is 62.3 Å². The number of halogens is 4. The van der Waals surface area contributed by atoms with E-state index in [1.54, 1.807) is 6.92 Å². The van der Waals surface area contributed by atoms with E-state index in [0.29, 0.717) is 8.78 Å². The first-order valence-electron chi connectivity index (χ1n) is 6.02. The van der Waals surface area contributed by atoms with Gasteiger partial charge in [-0.2, -0.15) is 17.5 Å². The summed E-state index contributed by atoms with van der Waals surface area (Å²) in [5.41, 5.74) is 0. The zero-order valence-electron chi connectivity index (χ0n) is 11.4. The molecule has 5 nitrogen and oxygen atoms in total. The normalized spacial score (nSPS) is 12.7. The molecule has 0 unspecified atom stereocenters. The Hall–Kier alpha value is -0.870. The molecule has 0 aromatic carbocycles. The average Bonchev–Trinajstić information content (AvgIpc) is 2.36. The number of rotatable bonds is 6. The van der Waals surface area contributed by atoms with Gasteiger partial charge in [-0.15, -0.1) is 0 Å². The third kappa shape index (κ3) is 4.82. The Kier molecular flexibility index (Phi) is 6.00. The third-order valence-corrected chi connectivity index (χ3v) is 4.79. The largest absolute Gasteiger partial charge is 0.402 e. The Labute approximate surface area is 129 Å². The first-order chi connectivity index (χ1) is 9.61. The van der Waals surface area contributed by atoms with Crippen LogP contribution in [0.15, 0.2) is 21.6 Å². The molecule has 21 heavy (non-hydrogen) atoms. The monoisotopic (exact) mass is 389 g/mol. The zero-order chi connectivity index (χ0) is 16.3. The van der Waals surface area contributed by atoms with Gasteiger partial charge < -0.3 is 5.32 Å². The highest BCUT2D eigenvalue weighted by atomic mass is 79.9. The molecule has 10 heteroatoms. The van der Waals surface area contributed by atoms with Gasteiger partial charge in [-0.1, -0.05) is 6.92 Å². The van der Waals surface area contributed by atoms with E-state index in [1.165, 1.54) is 19.3 Å². The van der Waals surface area contributed by atoms with Crippen LogP contribution in [0, 0.1) is 0 Å². The van der Waals surface area contributed by atoms with Crippen LogP contribution in [0.5, 0.6) is 0 Å². The Morgan fingerprint density at radius 1 is 1.43 bits per heavy atom. The molecule has 1 aromatic heterocycles. The van der Waals surface area contributed by atoms with Gasteiger partial charge >= 0.3 is 6.18 Å². The lowest BCUT2D eigenvalue weighted by Gasteiger charge is -2.23. The molecule has 1 rings (SSSR count). The second-order valence-electron chi connectivity index (χ2n) is 4.20. The maximum atomic E-state index is 12.6. The summed E-state index contributed by atoms with van der Waals surface area (Å²) >= 11 is 3.07. The van der Waals surface area contributed by atoms with Crippen molar-refractivity contribution < 1.29 is 21.6 Å². The minimum absolute atomic E-state index is 0.00137. The lowest BCUT2D eigenvalue weighted by atomic mass is 10.4. The predicted octanol–water partition coefficient (Wildman–Crippen LogP) is 2.85. The fourth-order valence-electron chi connectivity index (χ4n) is 1.68. The van der Waals surface area contributed by atoms with Crippen LogP contribution in [-0.2, 0) is 10.0 Å². The zero-order valence-corrected chi connectivity index (χ0v) is 13.8. The minimum atomic E-state index is -4.61. The Balaban J connectivity index is 3.32. The quantitative estimate of drug-likeness (QED) is 0.812. The molecule has 0 atom stereocenters. The highest BCUT2D eigenvalue weighted by Crippen LogP contribution is 2.28. The van der Waals surface area contributed by atoms with Crippen molar-refractivity contribution in [2.75, 3.05) is 25.5 Å². The highest BCUT2D eigenvalue weighted by Gasteiger charge is 2.37. The summed E-state index contributed by atoms with van der Waals surface area (Å²) < 4.78 is 63.5. The van der Waals surface area contributed by atoms with Gasteiger partial charge in [0.15, 0.2) is 0 Å². The maximum absolute atomic E-state index is 12.6. The molecule has 0 aliphatic rings. The number of pyridine rings is 1. The van der Waals surface area contributed by atoms with Crippen molar-refractivity contribution in [3.05, 3.63) is 16.7 Å². The Bertz CT molecular complexity index is 593. The molecular formula is C11H15BrF3N3O2S. The van der Waals surface area contributed by atoms with Gasteiger partial charge in [0, 0.05) is 24.3 Å². The standard InChI is InChI=1S/C11H15BrF3N3O2S/c1-3-4-18(7-11(13,14)15)21(19,20)9-5-8(12)6-17-10(9)16-2/h5-6H,3-4,7H2,1-2H3,(H,16,17). The summed E-state index contributed by atoms with van der Waals surface area (Å²) in [7, 11) is -2.86. The van der Waals surface area contributed by atoms with Crippen LogP contribution in [0.2, 0.25) is 0 Å². The van der Waals surface area contributed by atoms with E-state index in [9.17, 15) is 21.6 Å². The van der Waals surface area contributed by atoms with Gasteiger partial charge in [0.2, 0.25) is 10.0 Å². The van der Waals surface area contributed by atoms with Crippen molar-refractivity contribution >= 4 is 31.8 Å². The maximum Gasteiger partial charge on any atom is 0.402 e. The molecule has 1 aromatic rings. The minimum Gasteiger partial charge on any atom is -0.372 e. The SMILES string of the molecule is CCCN(CC(F)(F)F)S(=O)(=O)c1cc(Br)cnc1NC. The highest BCUT2D eigenvalue weighted by molar-refractivity contribution is 9.10. The lowest BCUT2D eigenvalue weighted by molar-refractivity contribution is -0.136. The van der Waals surface area contributed by atoms with E-state index in [1.807, 2.05) is 0 Å². The number of sulfonamides is 1. The van der Waals surface area contributed by atoms with Crippen LogP contribution in [0.1, 0.15) is 13.3 Å². The van der Waals surface area contributed by atoms with Gasteiger partial charge in [0.05, 0.1) is 0 Å². The van der Waals surface area contributed by atoms with E-state index in [2.05, 4.69) is 26.2 Å². The Morgan fingerprint density at radius 3 is 2.52 bits per heavy atom. The second kappa shape index (κ2) is 6.93. The summed E-state index contributed by atoms with van der Waals surface area (Å²) in [5, 5.41) is 2.57. The van der Waals surface area contributed by atoms with E-state index in [0.717, 1.165) is 0 Å². The fourth-order valence-corrected chi connectivity index (χ4v) is 3.85. The number of anilines is 1.